The van der Waals surface area contributed by atoms with Crippen LogP contribution in [0.15, 0.2) is 73.1 Å². The predicted octanol–water partition coefficient (Wildman–Crippen LogP) is 4.18. The number of carbonyl (C=O) groups is 1. The maximum Gasteiger partial charge on any atom is 0.257 e. The molecule has 0 atom stereocenters. The second kappa shape index (κ2) is 9.35. The third-order valence-corrected chi connectivity index (χ3v) is 3.73. The fourth-order valence-corrected chi connectivity index (χ4v) is 2.39. The summed E-state index contributed by atoms with van der Waals surface area (Å²) in [6, 6.07) is 18.5. The number of benzene rings is 2. The van der Waals surface area contributed by atoms with Crippen LogP contribution in [0.2, 0.25) is 0 Å². The van der Waals surface area contributed by atoms with Crippen molar-refractivity contribution >= 4 is 17.3 Å². The highest BCUT2D eigenvalue weighted by Gasteiger charge is 2.08. The Kier molecular flexibility index (Phi) is 6.38. The summed E-state index contributed by atoms with van der Waals surface area (Å²) in [5.74, 6) is 1.23. The molecule has 0 saturated carbocycles. The molecule has 27 heavy (non-hydrogen) atoms. The van der Waals surface area contributed by atoms with E-state index in [0.29, 0.717) is 30.2 Å². The zero-order valence-electron chi connectivity index (χ0n) is 15.0. The van der Waals surface area contributed by atoms with Gasteiger partial charge in [0.25, 0.3) is 5.91 Å². The molecule has 0 aliphatic heterocycles. The summed E-state index contributed by atoms with van der Waals surface area (Å²) in [7, 11) is 1.64. The quantitative estimate of drug-likeness (QED) is 0.587. The first-order valence-electron chi connectivity index (χ1n) is 8.57. The molecule has 0 radical (unpaired) electrons. The van der Waals surface area contributed by atoms with Gasteiger partial charge in [-0.1, -0.05) is 18.2 Å². The molecule has 2 N–H and O–H groups in total. The summed E-state index contributed by atoms with van der Waals surface area (Å²) < 4.78 is 10.7. The van der Waals surface area contributed by atoms with Gasteiger partial charge in [0.1, 0.15) is 11.5 Å². The summed E-state index contributed by atoms with van der Waals surface area (Å²) in [6.07, 6.45) is 3.20. The molecule has 0 saturated heterocycles. The number of hydrogen-bond donors (Lipinski definition) is 2. The normalized spacial score (nSPS) is 10.3. The molecule has 0 spiro atoms. The van der Waals surface area contributed by atoms with Crippen LogP contribution in [0.25, 0.3) is 0 Å². The highest BCUT2D eigenvalue weighted by atomic mass is 16.5. The van der Waals surface area contributed by atoms with Crippen molar-refractivity contribution in [3.8, 4) is 11.5 Å². The molecule has 6 heteroatoms. The van der Waals surface area contributed by atoms with Gasteiger partial charge in [-0.15, -0.1) is 0 Å². The number of ether oxygens (including phenoxy) is 2. The Morgan fingerprint density at radius 3 is 2.44 bits per heavy atom. The first-order chi connectivity index (χ1) is 13.2. The number of pyridine rings is 1. The molecule has 1 heterocycles. The Morgan fingerprint density at radius 1 is 0.963 bits per heavy atom. The monoisotopic (exact) mass is 363 g/mol. The van der Waals surface area contributed by atoms with E-state index in [1.807, 2.05) is 42.5 Å². The third kappa shape index (κ3) is 5.55. The van der Waals surface area contributed by atoms with Crippen molar-refractivity contribution in [1.82, 2.24) is 4.98 Å². The van der Waals surface area contributed by atoms with Gasteiger partial charge in [-0.05, 0) is 42.5 Å². The van der Waals surface area contributed by atoms with E-state index in [9.17, 15) is 4.79 Å². The van der Waals surface area contributed by atoms with Crippen LogP contribution >= 0.6 is 0 Å². The average Bonchev–Trinajstić information content (AvgIpc) is 2.71. The minimum absolute atomic E-state index is 0.227. The van der Waals surface area contributed by atoms with Crippen molar-refractivity contribution in [3.05, 3.63) is 78.6 Å². The van der Waals surface area contributed by atoms with E-state index in [2.05, 4.69) is 15.6 Å². The second-order valence-corrected chi connectivity index (χ2v) is 5.78. The number of nitrogens with zero attached hydrogens (tertiary/aromatic N) is 1. The van der Waals surface area contributed by atoms with Gasteiger partial charge in [-0.2, -0.15) is 0 Å². The van der Waals surface area contributed by atoms with Crippen molar-refractivity contribution in [3.63, 3.8) is 0 Å². The fourth-order valence-electron chi connectivity index (χ4n) is 2.39. The van der Waals surface area contributed by atoms with Crippen LogP contribution < -0.4 is 15.4 Å². The Morgan fingerprint density at radius 2 is 1.70 bits per heavy atom. The Balaban J connectivity index is 1.60. The molecule has 0 bridgehead atoms. The number of methoxy groups -OCH3 is 1. The van der Waals surface area contributed by atoms with Crippen molar-refractivity contribution in [2.75, 3.05) is 30.9 Å². The number of hydrogen-bond acceptors (Lipinski definition) is 5. The Labute approximate surface area is 158 Å². The maximum atomic E-state index is 12.4. The van der Waals surface area contributed by atoms with E-state index < -0.39 is 0 Å². The van der Waals surface area contributed by atoms with Gasteiger partial charge in [0.15, 0.2) is 0 Å². The SMILES string of the molecule is COCCNc1cncc(C(=O)Nc2ccc(Oc3ccccc3)cc2)c1. The number of amides is 1. The fraction of sp³-hybridized carbons (Fsp3) is 0.143. The van der Waals surface area contributed by atoms with Crippen molar-refractivity contribution in [1.29, 1.82) is 0 Å². The van der Waals surface area contributed by atoms with Gasteiger partial charge < -0.3 is 20.1 Å². The smallest absolute Gasteiger partial charge is 0.257 e. The molecule has 2 aromatic carbocycles. The molecule has 6 nitrogen and oxygen atoms in total. The lowest BCUT2D eigenvalue weighted by atomic mass is 10.2. The van der Waals surface area contributed by atoms with E-state index >= 15 is 0 Å². The van der Waals surface area contributed by atoms with Crippen molar-refractivity contribution in [2.45, 2.75) is 0 Å². The number of anilines is 2. The van der Waals surface area contributed by atoms with Crippen LogP contribution in [0, 0.1) is 0 Å². The zero-order chi connectivity index (χ0) is 18.9. The molecule has 3 aromatic rings. The average molecular weight is 363 g/mol. The lowest BCUT2D eigenvalue weighted by molar-refractivity contribution is 0.102. The standard InChI is InChI=1S/C21H21N3O3/c1-26-12-11-23-18-13-16(14-22-15-18)21(25)24-17-7-9-20(10-8-17)27-19-5-3-2-4-6-19/h2-10,13-15,23H,11-12H2,1H3,(H,24,25). The molecule has 138 valence electrons. The second-order valence-electron chi connectivity index (χ2n) is 5.78. The summed E-state index contributed by atoms with van der Waals surface area (Å²) in [6.45, 7) is 1.22. The number of para-hydroxylation sites is 1. The Hall–Kier alpha value is -3.38. The van der Waals surface area contributed by atoms with Crippen LogP contribution in [0.5, 0.6) is 11.5 Å². The van der Waals surface area contributed by atoms with Crippen LogP contribution in [0.3, 0.4) is 0 Å². The molecule has 0 aliphatic carbocycles. The number of nitrogens with one attached hydrogen (secondary N) is 2. The first kappa shape index (κ1) is 18.4. The van der Waals surface area contributed by atoms with Crippen LogP contribution in [-0.2, 0) is 4.74 Å². The number of carbonyl (C=O) groups excluding carboxylic acids is 1. The van der Waals surface area contributed by atoms with Gasteiger partial charge in [-0.25, -0.2) is 0 Å². The van der Waals surface area contributed by atoms with E-state index in [4.69, 9.17) is 9.47 Å². The lowest BCUT2D eigenvalue weighted by Gasteiger charge is -2.09. The van der Waals surface area contributed by atoms with E-state index in [1.54, 1.807) is 31.5 Å². The van der Waals surface area contributed by atoms with Gasteiger partial charge in [-0.3, -0.25) is 9.78 Å². The molecule has 1 aromatic heterocycles. The molecule has 0 fully saturated rings. The Bertz CT molecular complexity index is 867. The molecule has 0 unspecified atom stereocenters. The van der Waals surface area contributed by atoms with E-state index in [1.165, 1.54) is 6.20 Å². The first-order valence-corrected chi connectivity index (χ1v) is 8.57. The lowest BCUT2D eigenvalue weighted by Crippen LogP contribution is -2.13. The van der Waals surface area contributed by atoms with Crippen LogP contribution in [0.4, 0.5) is 11.4 Å². The predicted molar refractivity (Wildman–Crippen MR) is 106 cm³/mol. The van der Waals surface area contributed by atoms with Gasteiger partial charge in [0.2, 0.25) is 0 Å². The minimum Gasteiger partial charge on any atom is -0.457 e. The number of rotatable bonds is 8. The number of aromatic nitrogens is 1. The van der Waals surface area contributed by atoms with Crippen LogP contribution in [0.1, 0.15) is 10.4 Å². The van der Waals surface area contributed by atoms with Crippen LogP contribution in [-0.4, -0.2) is 31.2 Å². The topological polar surface area (TPSA) is 72.5 Å². The summed E-state index contributed by atoms with van der Waals surface area (Å²) in [4.78, 5) is 16.5. The molecule has 1 amide bonds. The third-order valence-electron chi connectivity index (χ3n) is 3.73. The summed E-state index contributed by atoms with van der Waals surface area (Å²) >= 11 is 0. The molecular formula is C21H21N3O3. The highest BCUT2D eigenvalue weighted by molar-refractivity contribution is 6.04. The van der Waals surface area contributed by atoms with Gasteiger partial charge in [0, 0.05) is 31.7 Å². The van der Waals surface area contributed by atoms with Crippen molar-refractivity contribution in [2.24, 2.45) is 0 Å². The van der Waals surface area contributed by atoms with E-state index in [0.717, 1.165) is 11.4 Å². The molecule has 3 rings (SSSR count). The van der Waals surface area contributed by atoms with E-state index in [-0.39, 0.29) is 5.91 Å². The van der Waals surface area contributed by atoms with Gasteiger partial charge >= 0.3 is 0 Å². The molecule has 0 aliphatic rings. The summed E-state index contributed by atoms with van der Waals surface area (Å²) in [5, 5.41) is 6.01. The minimum atomic E-state index is -0.227. The zero-order valence-corrected chi connectivity index (χ0v) is 15.0. The highest BCUT2D eigenvalue weighted by Crippen LogP contribution is 2.23. The van der Waals surface area contributed by atoms with Crippen molar-refractivity contribution < 1.29 is 14.3 Å². The van der Waals surface area contributed by atoms with Gasteiger partial charge in [0.05, 0.1) is 17.9 Å². The largest absolute Gasteiger partial charge is 0.457 e. The molecular weight excluding hydrogens is 342 g/mol. The maximum absolute atomic E-state index is 12.4. The summed E-state index contributed by atoms with van der Waals surface area (Å²) in [5.41, 5.74) is 1.92.